The van der Waals surface area contributed by atoms with Gasteiger partial charge in [0.15, 0.2) is 0 Å². The van der Waals surface area contributed by atoms with Crippen molar-refractivity contribution < 1.29 is 4.74 Å². The third kappa shape index (κ3) is 4.70. The summed E-state index contributed by atoms with van der Waals surface area (Å²) in [5.41, 5.74) is 3.28. The van der Waals surface area contributed by atoms with E-state index in [1.165, 1.54) is 40.9 Å². The average Bonchev–Trinajstić information content (AvgIpc) is 3.25. The first-order chi connectivity index (χ1) is 17.1. The van der Waals surface area contributed by atoms with E-state index in [9.17, 15) is 0 Å². The number of imidazole rings is 1. The first-order valence-corrected chi connectivity index (χ1v) is 13.6. The van der Waals surface area contributed by atoms with Crippen molar-refractivity contribution in [2.75, 3.05) is 6.61 Å². The van der Waals surface area contributed by atoms with Crippen LogP contribution in [0.4, 0.5) is 0 Å². The minimum atomic E-state index is 0.261. The van der Waals surface area contributed by atoms with Crippen LogP contribution < -0.4 is 4.74 Å². The maximum absolute atomic E-state index is 5.59. The topological polar surface area (TPSA) is 27.1 Å². The Balaban J connectivity index is 1.78. The van der Waals surface area contributed by atoms with E-state index in [0.29, 0.717) is 0 Å². The van der Waals surface area contributed by atoms with Gasteiger partial charge in [-0.05, 0) is 65.7 Å². The predicted octanol–water partition coefficient (Wildman–Crippen LogP) is 9.13. The summed E-state index contributed by atoms with van der Waals surface area (Å²) >= 11 is 7.39. The molecule has 0 aliphatic heterocycles. The lowest BCUT2D eigenvalue weighted by molar-refractivity contribution is 0.370. The molecule has 0 aliphatic carbocycles. The van der Waals surface area contributed by atoms with Gasteiger partial charge >= 0.3 is 0 Å². The largest absolute Gasteiger partial charge is 0.481 e. The van der Waals surface area contributed by atoms with Crippen LogP contribution in [0.25, 0.3) is 44.0 Å². The maximum Gasteiger partial charge on any atom is 0.148 e. The van der Waals surface area contributed by atoms with E-state index in [4.69, 9.17) is 16.1 Å². The molecule has 4 aromatic carbocycles. The number of halogens is 2. The number of fused-ring (bicyclic) bond motifs is 6. The van der Waals surface area contributed by atoms with E-state index in [-0.39, 0.29) is 6.61 Å². The van der Waals surface area contributed by atoms with Gasteiger partial charge in [0, 0.05) is 31.8 Å². The lowest BCUT2D eigenvalue weighted by Crippen LogP contribution is -2.02. The van der Waals surface area contributed by atoms with Gasteiger partial charge in [-0.25, -0.2) is 4.98 Å². The molecule has 0 amide bonds. The molecule has 176 valence electrons. The molecule has 0 fully saturated rings. The van der Waals surface area contributed by atoms with Gasteiger partial charge in [0.25, 0.3) is 0 Å². The van der Waals surface area contributed by atoms with Crippen molar-refractivity contribution in [2.24, 2.45) is 0 Å². The lowest BCUT2D eigenvalue weighted by Gasteiger charge is -2.13. The Labute approximate surface area is 222 Å². The van der Waals surface area contributed by atoms with Crippen LogP contribution in [-0.4, -0.2) is 16.2 Å². The third-order valence-electron chi connectivity index (χ3n) is 6.40. The van der Waals surface area contributed by atoms with E-state index in [2.05, 4.69) is 97.8 Å². The van der Waals surface area contributed by atoms with Crippen LogP contribution >= 0.6 is 31.9 Å². The molecule has 0 radical (unpaired) electrons. The van der Waals surface area contributed by atoms with Crippen molar-refractivity contribution in [3.63, 3.8) is 0 Å². The second-order valence-corrected chi connectivity index (χ2v) is 10.6. The Hall–Kier alpha value is -2.81. The van der Waals surface area contributed by atoms with Gasteiger partial charge in [-0.2, -0.15) is 0 Å². The summed E-state index contributed by atoms with van der Waals surface area (Å²) in [6.07, 6.45) is 10.1. The van der Waals surface area contributed by atoms with E-state index < -0.39 is 0 Å². The van der Waals surface area contributed by atoms with Crippen LogP contribution in [-0.2, 0) is 6.54 Å². The maximum atomic E-state index is 5.59. The molecule has 0 unspecified atom stereocenters. The van der Waals surface area contributed by atoms with Gasteiger partial charge < -0.3 is 9.30 Å². The van der Waals surface area contributed by atoms with E-state index >= 15 is 0 Å². The molecule has 0 atom stereocenters. The van der Waals surface area contributed by atoms with Crippen LogP contribution in [0.5, 0.6) is 5.75 Å². The molecule has 1 heterocycles. The minimum Gasteiger partial charge on any atom is -0.481 e. The lowest BCUT2D eigenvalue weighted by atomic mass is 10.00. The fourth-order valence-corrected chi connectivity index (χ4v) is 5.49. The number of ether oxygens (including phenoxy) is 1. The molecular weight excluding hydrogens is 564 g/mol. The summed E-state index contributed by atoms with van der Waals surface area (Å²) in [5, 5.41) is 4.82. The van der Waals surface area contributed by atoms with Crippen LogP contribution in [0, 0.1) is 12.3 Å². The Bertz CT molecular complexity index is 1560. The van der Waals surface area contributed by atoms with Gasteiger partial charge in [0.1, 0.15) is 18.2 Å². The van der Waals surface area contributed by atoms with Gasteiger partial charge in [-0.1, -0.05) is 76.1 Å². The zero-order valence-electron chi connectivity index (χ0n) is 19.7. The Kier molecular flexibility index (Phi) is 7.13. The number of aryl methyl sites for hydroxylation is 1. The number of unbranched alkanes of at least 4 members (excludes halogenated alkanes) is 3. The van der Waals surface area contributed by atoms with Gasteiger partial charge in [0.05, 0.1) is 11.0 Å². The first-order valence-electron chi connectivity index (χ1n) is 12.0. The number of benzene rings is 4. The number of hydrogen-bond donors (Lipinski definition) is 0. The molecular formula is C30H26Br2N2O. The van der Waals surface area contributed by atoms with Crippen molar-refractivity contribution in [1.29, 1.82) is 0 Å². The highest BCUT2D eigenvalue weighted by Gasteiger charge is 2.19. The monoisotopic (exact) mass is 588 g/mol. The first kappa shape index (κ1) is 23.9. The fraction of sp³-hybridized carbons (Fsp3) is 0.233. The summed E-state index contributed by atoms with van der Waals surface area (Å²) in [4.78, 5) is 5.28. The Morgan fingerprint density at radius 3 is 2.23 bits per heavy atom. The molecule has 1 aromatic heterocycles. The van der Waals surface area contributed by atoms with E-state index in [0.717, 1.165) is 50.0 Å². The Morgan fingerprint density at radius 2 is 1.54 bits per heavy atom. The summed E-state index contributed by atoms with van der Waals surface area (Å²) in [7, 11) is 0. The predicted molar refractivity (Wildman–Crippen MR) is 154 cm³/mol. The van der Waals surface area contributed by atoms with E-state index in [1.807, 2.05) is 12.1 Å². The molecule has 0 aliphatic rings. The zero-order valence-corrected chi connectivity index (χ0v) is 22.8. The van der Waals surface area contributed by atoms with Crippen LogP contribution in [0.15, 0.2) is 69.6 Å². The van der Waals surface area contributed by atoms with Crippen molar-refractivity contribution in [3.05, 3.63) is 69.6 Å². The summed E-state index contributed by atoms with van der Waals surface area (Å²) in [6, 6.07) is 21.1. The second-order valence-electron chi connectivity index (χ2n) is 8.74. The molecule has 0 saturated heterocycles. The molecule has 3 nitrogen and oxygen atoms in total. The normalized spacial score (nSPS) is 11.4. The SMILES string of the molecule is C#CCOc1ccc(-c2nc3c4cc(Br)ccc4c4ccc(Br)cc4c3n2CCCCCC)cc1. The molecule has 0 N–H and O–H groups in total. The molecule has 35 heavy (non-hydrogen) atoms. The van der Waals surface area contributed by atoms with Gasteiger partial charge in [-0.15, -0.1) is 6.42 Å². The number of rotatable bonds is 8. The summed E-state index contributed by atoms with van der Waals surface area (Å²) in [6.45, 7) is 3.43. The van der Waals surface area contributed by atoms with Crippen molar-refractivity contribution in [3.8, 4) is 29.5 Å². The van der Waals surface area contributed by atoms with Crippen LogP contribution in [0.2, 0.25) is 0 Å². The quantitative estimate of drug-likeness (QED) is 0.102. The van der Waals surface area contributed by atoms with Crippen molar-refractivity contribution in [2.45, 2.75) is 39.2 Å². The van der Waals surface area contributed by atoms with Crippen molar-refractivity contribution in [1.82, 2.24) is 9.55 Å². The number of terminal acetylenes is 1. The average molecular weight is 590 g/mol. The zero-order chi connectivity index (χ0) is 24.4. The second kappa shape index (κ2) is 10.4. The molecule has 5 aromatic rings. The summed E-state index contributed by atoms with van der Waals surface area (Å²) < 4.78 is 10.1. The molecule has 0 bridgehead atoms. The molecule has 0 spiro atoms. The number of aromatic nitrogens is 2. The van der Waals surface area contributed by atoms with Crippen LogP contribution in [0.3, 0.4) is 0 Å². The highest BCUT2D eigenvalue weighted by Crippen LogP contribution is 2.39. The highest BCUT2D eigenvalue weighted by atomic mass is 79.9. The Morgan fingerprint density at radius 1 is 0.857 bits per heavy atom. The molecule has 0 saturated carbocycles. The standard InChI is InChI=1S/C30H26Br2N2O/c1-3-5-6-7-16-34-29-27-19-22(32)11-15-25(27)24-14-10-21(31)18-26(24)28(29)33-30(34)20-8-12-23(13-9-20)35-17-4-2/h2,8-15,18-19H,3,5-7,16-17H2,1H3. The minimum absolute atomic E-state index is 0.261. The summed E-state index contributed by atoms with van der Waals surface area (Å²) in [5.74, 6) is 4.26. The number of nitrogens with zero attached hydrogens (tertiary/aromatic N) is 2. The van der Waals surface area contributed by atoms with Crippen molar-refractivity contribution >= 4 is 64.4 Å². The van der Waals surface area contributed by atoms with Crippen LogP contribution in [0.1, 0.15) is 32.6 Å². The van der Waals surface area contributed by atoms with Gasteiger partial charge in [-0.3, -0.25) is 0 Å². The molecule has 5 rings (SSSR count). The smallest absolute Gasteiger partial charge is 0.148 e. The number of hydrogen-bond acceptors (Lipinski definition) is 2. The van der Waals surface area contributed by atoms with E-state index in [1.54, 1.807) is 0 Å². The third-order valence-corrected chi connectivity index (χ3v) is 7.39. The molecule has 5 heteroatoms. The van der Waals surface area contributed by atoms with Gasteiger partial charge in [0.2, 0.25) is 0 Å². The highest BCUT2D eigenvalue weighted by molar-refractivity contribution is 9.10. The fourth-order valence-electron chi connectivity index (χ4n) is 4.77.